The Morgan fingerprint density at radius 1 is 1.05 bits per heavy atom. The summed E-state index contributed by atoms with van der Waals surface area (Å²) in [5.41, 5.74) is 6.65. The van der Waals surface area contributed by atoms with Crippen molar-refractivity contribution in [2.45, 2.75) is 9.92 Å². The van der Waals surface area contributed by atoms with Crippen molar-refractivity contribution in [2.75, 3.05) is 5.73 Å². The molecule has 0 aliphatic rings. The molecular weight excluding hydrogens is 266 g/mol. The van der Waals surface area contributed by atoms with Gasteiger partial charge in [0, 0.05) is 4.90 Å². The number of benzene rings is 2. The fourth-order valence-electron chi connectivity index (χ4n) is 1.97. The molecule has 3 aromatic rings. The van der Waals surface area contributed by atoms with E-state index in [-0.39, 0.29) is 0 Å². The molecule has 4 heteroatoms. The van der Waals surface area contributed by atoms with Gasteiger partial charge in [0.05, 0.1) is 17.4 Å². The first-order valence-electron chi connectivity index (χ1n) is 6.08. The van der Waals surface area contributed by atoms with Gasteiger partial charge in [-0.3, -0.25) is 0 Å². The van der Waals surface area contributed by atoms with Crippen molar-refractivity contribution >= 4 is 28.2 Å². The van der Waals surface area contributed by atoms with Crippen LogP contribution < -0.4 is 5.73 Å². The predicted octanol–water partition coefficient (Wildman–Crippen LogP) is 3.84. The van der Waals surface area contributed by atoms with Gasteiger partial charge in [0.15, 0.2) is 0 Å². The van der Waals surface area contributed by atoms with E-state index >= 15 is 0 Å². The first-order chi connectivity index (χ1) is 9.76. The van der Waals surface area contributed by atoms with Crippen LogP contribution in [0.15, 0.2) is 64.6 Å². The first kappa shape index (κ1) is 12.5. The van der Waals surface area contributed by atoms with Crippen LogP contribution in [0.4, 0.5) is 5.69 Å². The lowest BCUT2D eigenvalue weighted by Gasteiger charge is -2.05. The highest BCUT2D eigenvalue weighted by Gasteiger charge is 2.07. The van der Waals surface area contributed by atoms with Crippen LogP contribution in [0.1, 0.15) is 5.56 Å². The van der Waals surface area contributed by atoms with E-state index in [1.54, 1.807) is 12.3 Å². The summed E-state index contributed by atoms with van der Waals surface area (Å²) in [6.07, 6.45) is 1.57. The Balaban J connectivity index is 1.99. The smallest absolute Gasteiger partial charge is 0.119 e. The maximum absolute atomic E-state index is 9.13. The minimum Gasteiger partial charge on any atom is -0.397 e. The summed E-state index contributed by atoms with van der Waals surface area (Å²) in [5.74, 6) is 0. The lowest BCUT2D eigenvalue weighted by atomic mass is 10.1. The number of nitrogens with two attached hydrogens (primary N) is 1. The van der Waals surface area contributed by atoms with Crippen LogP contribution in [-0.2, 0) is 0 Å². The Morgan fingerprint density at radius 3 is 2.65 bits per heavy atom. The molecule has 0 aliphatic carbocycles. The molecule has 0 atom stereocenters. The van der Waals surface area contributed by atoms with Crippen molar-refractivity contribution in [1.82, 2.24) is 4.98 Å². The number of rotatable bonds is 2. The predicted molar refractivity (Wildman–Crippen MR) is 81.4 cm³/mol. The van der Waals surface area contributed by atoms with Gasteiger partial charge in [0.2, 0.25) is 0 Å². The molecule has 0 aliphatic heterocycles. The van der Waals surface area contributed by atoms with Crippen LogP contribution in [0.2, 0.25) is 0 Å². The molecule has 0 amide bonds. The number of nitrogen functional groups attached to an aromatic ring is 1. The van der Waals surface area contributed by atoms with Gasteiger partial charge in [-0.05, 0) is 29.0 Å². The number of anilines is 1. The number of fused-ring (bicyclic) bond motifs is 1. The number of aromatic nitrogens is 1. The van der Waals surface area contributed by atoms with Crippen LogP contribution in [0, 0.1) is 11.3 Å². The summed E-state index contributed by atoms with van der Waals surface area (Å²) in [6.45, 7) is 0. The van der Waals surface area contributed by atoms with E-state index in [0.717, 1.165) is 4.90 Å². The second-order valence-electron chi connectivity index (χ2n) is 4.34. The Kier molecular flexibility index (Phi) is 3.28. The van der Waals surface area contributed by atoms with Crippen molar-refractivity contribution in [3.63, 3.8) is 0 Å². The van der Waals surface area contributed by atoms with Gasteiger partial charge in [-0.2, -0.15) is 5.26 Å². The maximum atomic E-state index is 9.13. The Hall–Kier alpha value is -2.51. The average molecular weight is 277 g/mol. The summed E-state index contributed by atoms with van der Waals surface area (Å²) < 4.78 is 0. The van der Waals surface area contributed by atoms with Crippen molar-refractivity contribution < 1.29 is 0 Å². The molecule has 3 nitrogen and oxygen atoms in total. The number of hydrogen-bond acceptors (Lipinski definition) is 4. The van der Waals surface area contributed by atoms with Crippen LogP contribution in [-0.4, -0.2) is 4.98 Å². The van der Waals surface area contributed by atoms with E-state index in [2.05, 4.69) is 35.3 Å². The zero-order valence-electron chi connectivity index (χ0n) is 10.6. The van der Waals surface area contributed by atoms with E-state index in [0.29, 0.717) is 16.3 Å². The molecule has 2 aromatic carbocycles. The Bertz CT molecular complexity index is 821. The SMILES string of the molecule is N#Cc1cc(N)cnc1Sc1ccc2ccccc2c1. The molecule has 3 rings (SSSR count). The third-order valence-electron chi connectivity index (χ3n) is 2.93. The summed E-state index contributed by atoms with van der Waals surface area (Å²) in [4.78, 5) is 5.29. The highest BCUT2D eigenvalue weighted by molar-refractivity contribution is 7.99. The van der Waals surface area contributed by atoms with E-state index in [9.17, 15) is 0 Å². The second-order valence-corrected chi connectivity index (χ2v) is 5.41. The molecule has 0 saturated carbocycles. The molecule has 0 bridgehead atoms. The third-order valence-corrected chi connectivity index (χ3v) is 3.94. The summed E-state index contributed by atoms with van der Waals surface area (Å²) >= 11 is 1.47. The fraction of sp³-hybridized carbons (Fsp3) is 0. The van der Waals surface area contributed by atoms with E-state index < -0.39 is 0 Å². The standard InChI is InChI=1S/C16H11N3S/c17-9-13-7-14(18)10-19-16(13)20-15-6-5-11-3-1-2-4-12(11)8-15/h1-8,10H,18H2. The highest BCUT2D eigenvalue weighted by Crippen LogP contribution is 2.31. The molecule has 0 spiro atoms. The van der Waals surface area contributed by atoms with Crippen LogP contribution >= 0.6 is 11.8 Å². The maximum Gasteiger partial charge on any atom is 0.119 e. The van der Waals surface area contributed by atoms with Gasteiger partial charge in [0.25, 0.3) is 0 Å². The molecule has 1 heterocycles. The normalized spacial score (nSPS) is 10.3. The largest absolute Gasteiger partial charge is 0.397 e. The van der Waals surface area contributed by atoms with Gasteiger partial charge >= 0.3 is 0 Å². The lowest BCUT2D eigenvalue weighted by Crippen LogP contribution is -1.91. The van der Waals surface area contributed by atoms with Crippen molar-refractivity contribution in [2.24, 2.45) is 0 Å². The minimum atomic E-state index is 0.503. The molecule has 20 heavy (non-hydrogen) atoms. The van der Waals surface area contributed by atoms with Crippen LogP contribution in [0.25, 0.3) is 10.8 Å². The van der Waals surface area contributed by atoms with Crippen LogP contribution in [0.5, 0.6) is 0 Å². The van der Waals surface area contributed by atoms with Gasteiger partial charge < -0.3 is 5.73 Å². The molecule has 2 N–H and O–H groups in total. The number of hydrogen-bond donors (Lipinski definition) is 1. The average Bonchev–Trinajstić information content (AvgIpc) is 2.49. The molecule has 96 valence electrons. The van der Waals surface area contributed by atoms with Crippen LogP contribution in [0.3, 0.4) is 0 Å². The van der Waals surface area contributed by atoms with Crippen molar-refractivity contribution in [3.8, 4) is 6.07 Å². The van der Waals surface area contributed by atoms with E-state index in [1.807, 2.05) is 18.2 Å². The fourth-order valence-corrected chi connectivity index (χ4v) is 2.84. The zero-order valence-corrected chi connectivity index (χ0v) is 11.4. The topological polar surface area (TPSA) is 62.7 Å². The number of nitrogens with zero attached hydrogens (tertiary/aromatic N) is 2. The lowest BCUT2D eigenvalue weighted by molar-refractivity contribution is 1.11. The van der Waals surface area contributed by atoms with E-state index in [1.165, 1.54) is 22.5 Å². The summed E-state index contributed by atoms with van der Waals surface area (Å²) in [5, 5.41) is 12.2. The van der Waals surface area contributed by atoms with Crippen molar-refractivity contribution in [1.29, 1.82) is 5.26 Å². The summed E-state index contributed by atoms with van der Waals surface area (Å²) in [6, 6.07) is 18.2. The second kappa shape index (κ2) is 5.24. The highest BCUT2D eigenvalue weighted by atomic mass is 32.2. The first-order valence-corrected chi connectivity index (χ1v) is 6.90. The van der Waals surface area contributed by atoms with Gasteiger partial charge in [-0.1, -0.05) is 42.1 Å². The van der Waals surface area contributed by atoms with Crippen molar-refractivity contribution in [3.05, 3.63) is 60.3 Å². The number of nitriles is 1. The van der Waals surface area contributed by atoms with E-state index in [4.69, 9.17) is 11.0 Å². The molecule has 1 aromatic heterocycles. The zero-order chi connectivity index (χ0) is 13.9. The minimum absolute atomic E-state index is 0.503. The summed E-state index contributed by atoms with van der Waals surface area (Å²) in [7, 11) is 0. The third kappa shape index (κ3) is 2.44. The van der Waals surface area contributed by atoms with Gasteiger partial charge in [-0.25, -0.2) is 4.98 Å². The molecule has 0 radical (unpaired) electrons. The molecular formula is C16H11N3S. The Morgan fingerprint density at radius 2 is 1.85 bits per heavy atom. The monoisotopic (exact) mass is 277 g/mol. The molecule has 0 saturated heterocycles. The molecule has 0 unspecified atom stereocenters. The van der Waals surface area contributed by atoms with Gasteiger partial charge in [0.1, 0.15) is 11.1 Å². The number of pyridine rings is 1. The quantitative estimate of drug-likeness (QED) is 0.773. The molecule has 0 fully saturated rings. The Labute approximate surface area is 121 Å². The van der Waals surface area contributed by atoms with Gasteiger partial charge in [-0.15, -0.1) is 0 Å².